The van der Waals surface area contributed by atoms with E-state index in [1.54, 1.807) is 7.11 Å². The molecule has 0 saturated heterocycles. The molecule has 0 aliphatic carbocycles. The van der Waals surface area contributed by atoms with Crippen molar-refractivity contribution >= 4 is 11.8 Å². The van der Waals surface area contributed by atoms with Crippen LogP contribution in [-0.2, 0) is 7.05 Å². The molecule has 4 aromatic rings. The summed E-state index contributed by atoms with van der Waals surface area (Å²) >= 11 is 1.45. The number of methoxy groups -OCH3 is 1. The number of aromatic nitrogens is 3. The van der Waals surface area contributed by atoms with Gasteiger partial charge in [-0.25, -0.2) is 0 Å². The van der Waals surface area contributed by atoms with E-state index in [1.165, 1.54) is 11.8 Å². The van der Waals surface area contributed by atoms with E-state index < -0.39 is 6.10 Å². The van der Waals surface area contributed by atoms with Gasteiger partial charge in [0.1, 0.15) is 18.1 Å². The van der Waals surface area contributed by atoms with Gasteiger partial charge in [0.2, 0.25) is 0 Å². The van der Waals surface area contributed by atoms with Crippen molar-refractivity contribution in [1.82, 2.24) is 14.8 Å². The van der Waals surface area contributed by atoms with Gasteiger partial charge in [0.25, 0.3) is 0 Å². The third-order valence-corrected chi connectivity index (χ3v) is 6.16. The Morgan fingerprint density at radius 2 is 1.47 bits per heavy atom. The Bertz CT molecular complexity index is 1130. The van der Waals surface area contributed by atoms with E-state index >= 15 is 0 Å². The van der Waals surface area contributed by atoms with Crippen molar-refractivity contribution < 1.29 is 14.6 Å². The maximum atomic E-state index is 10.4. The first-order valence-corrected chi connectivity index (χ1v) is 11.3. The first-order chi connectivity index (χ1) is 15.6. The molecule has 1 unspecified atom stereocenters. The van der Waals surface area contributed by atoms with Gasteiger partial charge in [-0.1, -0.05) is 54.2 Å². The fourth-order valence-electron chi connectivity index (χ4n) is 3.22. The summed E-state index contributed by atoms with van der Waals surface area (Å²) in [5, 5.41) is 19.6. The molecule has 1 aromatic heterocycles. The van der Waals surface area contributed by atoms with Crippen molar-refractivity contribution in [2.45, 2.75) is 11.3 Å². The molecule has 0 fully saturated rings. The summed E-state index contributed by atoms with van der Waals surface area (Å²) in [6, 6.07) is 25.8. The highest BCUT2D eigenvalue weighted by atomic mass is 32.2. The topological polar surface area (TPSA) is 69.4 Å². The van der Waals surface area contributed by atoms with E-state index in [4.69, 9.17) is 9.47 Å². The number of thioether (sulfide) groups is 1. The number of ether oxygens (including phenoxy) is 2. The minimum absolute atomic E-state index is 0.209. The van der Waals surface area contributed by atoms with Gasteiger partial charge in [-0.05, 0) is 47.5 Å². The van der Waals surface area contributed by atoms with E-state index in [9.17, 15) is 5.11 Å². The molecule has 0 aliphatic heterocycles. The zero-order chi connectivity index (χ0) is 22.3. The molecule has 4 rings (SSSR count). The van der Waals surface area contributed by atoms with Gasteiger partial charge >= 0.3 is 0 Å². The predicted molar refractivity (Wildman–Crippen MR) is 127 cm³/mol. The second kappa shape index (κ2) is 10.3. The monoisotopic (exact) mass is 447 g/mol. The van der Waals surface area contributed by atoms with Crippen molar-refractivity contribution in [2.75, 3.05) is 19.5 Å². The average molecular weight is 448 g/mol. The van der Waals surface area contributed by atoms with Crippen LogP contribution in [0.15, 0.2) is 84.0 Å². The van der Waals surface area contributed by atoms with Crippen LogP contribution in [0.1, 0.15) is 0 Å². The third kappa shape index (κ3) is 5.30. The lowest BCUT2D eigenvalue weighted by Crippen LogP contribution is -2.20. The Morgan fingerprint density at radius 1 is 0.844 bits per heavy atom. The first-order valence-electron chi connectivity index (χ1n) is 10.3. The van der Waals surface area contributed by atoms with E-state index in [0.717, 1.165) is 39.2 Å². The average Bonchev–Trinajstić information content (AvgIpc) is 3.22. The summed E-state index contributed by atoms with van der Waals surface area (Å²) in [4.78, 5) is 0. The zero-order valence-corrected chi connectivity index (χ0v) is 18.8. The molecule has 0 saturated carbocycles. The standard InChI is InChI=1S/C25H25N3O3S/c1-28-24(20-10-12-22(30-2)13-11-20)26-27-25(28)32-17-21(29)16-31-23-14-8-19(9-15-23)18-6-4-3-5-7-18/h3-15,21,29H,16-17H2,1-2H3. The molecule has 6 nitrogen and oxygen atoms in total. The lowest BCUT2D eigenvalue weighted by Gasteiger charge is -2.12. The molecule has 0 aliphatic rings. The number of aliphatic hydroxyl groups excluding tert-OH is 1. The lowest BCUT2D eigenvalue weighted by atomic mass is 10.1. The minimum atomic E-state index is -0.630. The molecule has 1 atom stereocenters. The largest absolute Gasteiger partial charge is 0.497 e. The Balaban J connectivity index is 1.29. The van der Waals surface area contributed by atoms with Gasteiger partial charge in [0.05, 0.1) is 13.2 Å². The van der Waals surface area contributed by atoms with Crippen LogP contribution in [0.3, 0.4) is 0 Å². The van der Waals surface area contributed by atoms with Crippen molar-refractivity contribution in [3.8, 4) is 34.0 Å². The van der Waals surface area contributed by atoms with Crippen molar-refractivity contribution in [3.63, 3.8) is 0 Å². The summed E-state index contributed by atoms with van der Waals surface area (Å²) in [6.07, 6.45) is -0.630. The minimum Gasteiger partial charge on any atom is -0.497 e. The van der Waals surface area contributed by atoms with Gasteiger partial charge in [-0.3, -0.25) is 0 Å². The Hall–Kier alpha value is -3.29. The van der Waals surface area contributed by atoms with Gasteiger partial charge in [0.15, 0.2) is 11.0 Å². The normalized spacial score (nSPS) is 11.8. The summed E-state index contributed by atoms with van der Waals surface area (Å²) < 4.78 is 12.9. The van der Waals surface area contributed by atoms with E-state index in [2.05, 4.69) is 22.3 Å². The van der Waals surface area contributed by atoms with Crippen LogP contribution in [0.4, 0.5) is 0 Å². The third-order valence-electron chi connectivity index (χ3n) is 4.99. The molecule has 0 bridgehead atoms. The molecule has 0 radical (unpaired) electrons. The van der Waals surface area contributed by atoms with Gasteiger partial charge in [-0.2, -0.15) is 0 Å². The van der Waals surface area contributed by atoms with Crippen LogP contribution in [0.25, 0.3) is 22.5 Å². The summed E-state index contributed by atoms with van der Waals surface area (Å²) in [5.74, 6) is 2.74. The molecular formula is C25H25N3O3S. The molecule has 1 heterocycles. The number of benzene rings is 3. The molecule has 1 N–H and O–H groups in total. The van der Waals surface area contributed by atoms with Crippen LogP contribution < -0.4 is 9.47 Å². The van der Waals surface area contributed by atoms with Crippen LogP contribution in [0.2, 0.25) is 0 Å². The van der Waals surface area contributed by atoms with Gasteiger partial charge in [-0.15, -0.1) is 10.2 Å². The maximum absolute atomic E-state index is 10.4. The number of hydrogen-bond acceptors (Lipinski definition) is 6. The SMILES string of the molecule is COc1ccc(-c2nnc(SCC(O)COc3ccc(-c4ccccc4)cc3)n2C)cc1. The number of hydrogen-bond donors (Lipinski definition) is 1. The Labute approximate surface area is 191 Å². The second-order valence-electron chi connectivity index (χ2n) is 7.26. The summed E-state index contributed by atoms with van der Waals surface area (Å²) in [5.41, 5.74) is 3.24. The lowest BCUT2D eigenvalue weighted by molar-refractivity contribution is 0.126. The molecule has 0 amide bonds. The van der Waals surface area contributed by atoms with E-state index in [1.807, 2.05) is 78.3 Å². The molecule has 32 heavy (non-hydrogen) atoms. The Morgan fingerprint density at radius 3 is 2.16 bits per heavy atom. The highest BCUT2D eigenvalue weighted by molar-refractivity contribution is 7.99. The molecule has 0 spiro atoms. The molecule has 3 aromatic carbocycles. The fraction of sp³-hybridized carbons (Fsp3) is 0.200. The van der Waals surface area contributed by atoms with Crippen LogP contribution in [0, 0.1) is 0 Å². The van der Waals surface area contributed by atoms with E-state index in [0.29, 0.717) is 5.75 Å². The van der Waals surface area contributed by atoms with E-state index in [-0.39, 0.29) is 6.61 Å². The van der Waals surface area contributed by atoms with Crippen LogP contribution in [0.5, 0.6) is 11.5 Å². The van der Waals surface area contributed by atoms with Crippen molar-refractivity contribution in [2.24, 2.45) is 7.05 Å². The predicted octanol–water partition coefficient (Wildman–Crippen LogP) is 4.69. The highest BCUT2D eigenvalue weighted by Crippen LogP contribution is 2.25. The zero-order valence-electron chi connectivity index (χ0n) is 18.0. The highest BCUT2D eigenvalue weighted by Gasteiger charge is 2.14. The number of aliphatic hydroxyl groups is 1. The summed E-state index contributed by atoms with van der Waals surface area (Å²) in [7, 11) is 3.56. The maximum Gasteiger partial charge on any atom is 0.191 e. The van der Waals surface area contributed by atoms with Crippen molar-refractivity contribution in [1.29, 1.82) is 0 Å². The molecule has 164 valence electrons. The molecular weight excluding hydrogens is 422 g/mol. The second-order valence-corrected chi connectivity index (χ2v) is 8.25. The number of rotatable bonds is 9. The Kier molecular flexibility index (Phi) is 7.09. The fourth-order valence-corrected chi connectivity index (χ4v) is 4.03. The summed E-state index contributed by atoms with van der Waals surface area (Å²) in [6.45, 7) is 0.209. The van der Waals surface area contributed by atoms with Crippen LogP contribution in [-0.4, -0.2) is 45.4 Å². The van der Waals surface area contributed by atoms with Gasteiger partial charge < -0.3 is 19.1 Å². The first kappa shape index (κ1) is 21.9. The quantitative estimate of drug-likeness (QED) is 0.376. The van der Waals surface area contributed by atoms with Crippen LogP contribution >= 0.6 is 11.8 Å². The molecule has 7 heteroatoms. The van der Waals surface area contributed by atoms with Crippen molar-refractivity contribution in [3.05, 3.63) is 78.9 Å². The number of nitrogens with zero attached hydrogens (tertiary/aromatic N) is 3. The van der Waals surface area contributed by atoms with Gasteiger partial charge in [0, 0.05) is 18.4 Å². The smallest absolute Gasteiger partial charge is 0.191 e.